The van der Waals surface area contributed by atoms with E-state index in [4.69, 9.17) is 5.11 Å². The normalized spacial score (nSPS) is 14.4. The minimum atomic E-state index is -0.546. The quantitative estimate of drug-likeness (QED) is 0.422. The zero-order valence-corrected chi connectivity index (χ0v) is 15.4. The predicted octanol–water partition coefficient (Wildman–Crippen LogP) is 0.846. The number of nitro groups is 2. The van der Waals surface area contributed by atoms with Gasteiger partial charge in [-0.15, -0.1) is 0 Å². The number of hydrogen-bond acceptors (Lipinski definition) is 11. The molecule has 1 aromatic heterocycles. The fourth-order valence-corrected chi connectivity index (χ4v) is 2.98. The van der Waals surface area contributed by atoms with E-state index in [-0.39, 0.29) is 29.6 Å². The lowest BCUT2D eigenvalue weighted by molar-refractivity contribution is -0.384. The van der Waals surface area contributed by atoms with E-state index in [9.17, 15) is 20.2 Å². The van der Waals surface area contributed by atoms with Gasteiger partial charge in [-0.2, -0.15) is 0 Å². The molecule has 0 spiro atoms. The molecule has 1 fully saturated rings. The van der Waals surface area contributed by atoms with Gasteiger partial charge >= 0.3 is 5.69 Å². The number of hydrazine groups is 1. The molecule has 0 atom stereocenters. The van der Waals surface area contributed by atoms with Gasteiger partial charge in [0.05, 0.1) is 22.1 Å². The molecule has 0 saturated carbocycles. The van der Waals surface area contributed by atoms with Crippen LogP contribution in [-0.2, 0) is 0 Å². The lowest BCUT2D eigenvalue weighted by Crippen LogP contribution is -2.47. The molecular weight excluding hydrogens is 384 g/mol. The second-order valence-corrected chi connectivity index (χ2v) is 6.26. The monoisotopic (exact) mass is 404 g/mol. The van der Waals surface area contributed by atoms with Gasteiger partial charge in [-0.25, -0.2) is 9.97 Å². The fourth-order valence-electron chi connectivity index (χ4n) is 2.98. The van der Waals surface area contributed by atoms with Gasteiger partial charge < -0.3 is 10.0 Å². The first-order valence-electron chi connectivity index (χ1n) is 8.83. The van der Waals surface area contributed by atoms with Crippen LogP contribution in [-0.4, -0.2) is 69.2 Å². The van der Waals surface area contributed by atoms with Crippen molar-refractivity contribution in [3.63, 3.8) is 0 Å². The second kappa shape index (κ2) is 9.07. The van der Waals surface area contributed by atoms with E-state index in [2.05, 4.69) is 25.7 Å². The van der Waals surface area contributed by atoms with Crippen molar-refractivity contribution >= 4 is 28.7 Å². The lowest BCUT2D eigenvalue weighted by Gasteiger charge is -2.34. The maximum Gasteiger partial charge on any atom is 0.355 e. The predicted molar refractivity (Wildman–Crippen MR) is 105 cm³/mol. The summed E-state index contributed by atoms with van der Waals surface area (Å²) in [6.45, 7) is 3.01. The summed E-state index contributed by atoms with van der Waals surface area (Å²) in [5.74, 6) is 0.192. The molecule has 1 saturated heterocycles. The van der Waals surface area contributed by atoms with Crippen LogP contribution >= 0.6 is 0 Å². The summed E-state index contributed by atoms with van der Waals surface area (Å²) in [6, 6.07) is 5.57. The molecular formula is C16H20N8O5. The van der Waals surface area contributed by atoms with Crippen LogP contribution < -0.4 is 15.8 Å². The maximum absolute atomic E-state index is 11.7. The average molecular weight is 404 g/mol. The third kappa shape index (κ3) is 4.83. The Morgan fingerprint density at radius 3 is 2.28 bits per heavy atom. The molecule has 29 heavy (non-hydrogen) atoms. The summed E-state index contributed by atoms with van der Waals surface area (Å²) in [6.07, 6.45) is 1.24. The number of rotatable bonds is 8. The van der Waals surface area contributed by atoms with Gasteiger partial charge in [-0.1, -0.05) is 0 Å². The molecule has 1 aromatic carbocycles. The highest BCUT2D eigenvalue weighted by atomic mass is 16.6. The topological polar surface area (TPSA) is 163 Å². The molecule has 13 heteroatoms. The number of nitrogens with zero attached hydrogens (tertiary/aromatic N) is 6. The Bertz CT molecular complexity index is 870. The highest BCUT2D eigenvalue weighted by Gasteiger charge is 2.29. The van der Waals surface area contributed by atoms with Gasteiger partial charge in [0.15, 0.2) is 0 Å². The molecule has 2 heterocycles. The highest BCUT2D eigenvalue weighted by Crippen LogP contribution is 2.32. The molecule has 0 amide bonds. The molecule has 154 valence electrons. The molecule has 0 bridgehead atoms. The van der Waals surface area contributed by atoms with Crippen molar-refractivity contribution in [2.24, 2.45) is 0 Å². The van der Waals surface area contributed by atoms with Crippen LogP contribution in [0.15, 0.2) is 30.6 Å². The Morgan fingerprint density at radius 1 is 1.00 bits per heavy atom. The van der Waals surface area contributed by atoms with Crippen LogP contribution in [0, 0.1) is 20.2 Å². The van der Waals surface area contributed by atoms with Crippen molar-refractivity contribution in [2.75, 3.05) is 55.1 Å². The van der Waals surface area contributed by atoms with Gasteiger partial charge in [0.25, 0.3) is 5.69 Å². The third-order valence-corrected chi connectivity index (χ3v) is 4.48. The summed E-state index contributed by atoms with van der Waals surface area (Å²) >= 11 is 0. The Balaban J connectivity index is 1.75. The molecule has 3 N–H and O–H groups in total. The van der Waals surface area contributed by atoms with Crippen LogP contribution in [0.1, 0.15) is 0 Å². The summed E-state index contributed by atoms with van der Waals surface area (Å²) in [4.78, 5) is 33.3. The smallest absolute Gasteiger partial charge is 0.355 e. The lowest BCUT2D eigenvalue weighted by atomic mass is 10.3. The molecule has 13 nitrogen and oxygen atoms in total. The van der Waals surface area contributed by atoms with E-state index in [1.54, 1.807) is 0 Å². The Kier molecular flexibility index (Phi) is 6.31. The molecule has 0 radical (unpaired) electrons. The first-order chi connectivity index (χ1) is 14.0. The van der Waals surface area contributed by atoms with Gasteiger partial charge in [0.1, 0.15) is 6.33 Å². The van der Waals surface area contributed by atoms with Gasteiger partial charge in [-0.3, -0.25) is 36.0 Å². The van der Waals surface area contributed by atoms with Crippen LogP contribution in [0.3, 0.4) is 0 Å². The van der Waals surface area contributed by atoms with Gasteiger partial charge in [-0.05, 0) is 12.1 Å². The van der Waals surface area contributed by atoms with Crippen LogP contribution in [0.25, 0.3) is 0 Å². The Morgan fingerprint density at radius 2 is 1.69 bits per heavy atom. The Hall–Kier alpha value is -3.58. The van der Waals surface area contributed by atoms with E-state index in [0.717, 1.165) is 0 Å². The Labute approximate surface area is 165 Å². The van der Waals surface area contributed by atoms with Crippen molar-refractivity contribution < 1.29 is 15.0 Å². The zero-order valence-electron chi connectivity index (χ0n) is 15.4. The van der Waals surface area contributed by atoms with Crippen molar-refractivity contribution in [1.82, 2.24) is 14.9 Å². The number of anilines is 3. The SMILES string of the molecule is O=[N+]([O-])c1ccc(NNc2ncnc(N3CCN(CCO)CC3)c2[N+](=O)[O-])cc1. The fraction of sp³-hybridized carbons (Fsp3) is 0.375. The van der Waals surface area contributed by atoms with Crippen LogP contribution in [0.5, 0.6) is 0 Å². The van der Waals surface area contributed by atoms with E-state index < -0.39 is 9.85 Å². The molecule has 3 rings (SSSR count). The molecule has 1 aliphatic heterocycles. The summed E-state index contributed by atoms with van der Waals surface area (Å²) in [5.41, 5.74) is 5.58. The van der Waals surface area contributed by atoms with Crippen molar-refractivity contribution in [3.8, 4) is 0 Å². The number of β-amino-alcohol motifs (C(OH)–C–C–N with tert-alkyl or cyclic N) is 1. The van der Waals surface area contributed by atoms with Crippen molar-refractivity contribution in [2.45, 2.75) is 0 Å². The number of benzene rings is 1. The first kappa shape index (κ1) is 20.2. The van der Waals surface area contributed by atoms with Gasteiger partial charge in [0, 0.05) is 44.9 Å². The number of aliphatic hydroxyl groups excluding tert-OH is 1. The number of non-ortho nitro benzene ring substituents is 1. The number of nitrogens with one attached hydrogen (secondary N) is 2. The number of piperazine rings is 1. The maximum atomic E-state index is 11.7. The van der Waals surface area contributed by atoms with Crippen molar-refractivity contribution in [3.05, 3.63) is 50.8 Å². The van der Waals surface area contributed by atoms with Gasteiger partial charge in [0.2, 0.25) is 11.6 Å². The minimum absolute atomic E-state index is 0.0175. The molecule has 1 aliphatic rings. The first-order valence-corrected chi connectivity index (χ1v) is 8.83. The summed E-state index contributed by atoms with van der Waals surface area (Å²) < 4.78 is 0. The number of hydrogen-bond donors (Lipinski definition) is 3. The minimum Gasteiger partial charge on any atom is -0.395 e. The highest BCUT2D eigenvalue weighted by molar-refractivity contribution is 5.71. The third-order valence-electron chi connectivity index (χ3n) is 4.48. The second-order valence-electron chi connectivity index (χ2n) is 6.26. The number of nitro benzene ring substituents is 1. The largest absolute Gasteiger partial charge is 0.395 e. The van der Waals surface area contributed by atoms with Crippen LogP contribution in [0.2, 0.25) is 0 Å². The summed E-state index contributed by atoms with van der Waals surface area (Å²) in [7, 11) is 0. The van der Waals surface area contributed by atoms with E-state index in [1.165, 1.54) is 30.6 Å². The van der Waals surface area contributed by atoms with Crippen LogP contribution in [0.4, 0.5) is 28.7 Å². The van der Waals surface area contributed by atoms with Crippen molar-refractivity contribution in [1.29, 1.82) is 0 Å². The summed E-state index contributed by atoms with van der Waals surface area (Å²) in [5, 5.41) is 31.4. The number of aromatic nitrogens is 2. The van der Waals surface area contributed by atoms with E-state index in [1.807, 2.05) is 4.90 Å². The van der Waals surface area contributed by atoms with E-state index >= 15 is 0 Å². The molecule has 0 unspecified atom stereocenters. The average Bonchev–Trinajstić information content (AvgIpc) is 2.73. The standard InChI is InChI=1S/C16H20N8O5/c25-10-9-21-5-7-22(8-6-21)16-14(24(28)29)15(17-11-18-16)20-19-12-1-3-13(4-2-12)23(26)27/h1-4,11,19,25H,5-10H2,(H,17,18,20). The van der Waals surface area contributed by atoms with E-state index in [0.29, 0.717) is 38.4 Å². The molecule has 2 aromatic rings. The molecule has 0 aliphatic carbocycles. The number of aliphatic hydroxyl groups is 1. The zero-order chi connectivity index (χ0) is 20.8.